The molecule has 4 heteroatoms. The highest BCUT2D eigenvalue weighted by atomic mass is 16.5. The van der Waals surface area contributed by atoms with E-state index >= 15 is 0 Å². The molecule has 0 amide bonds. The zero-order valence-electron chi connectivity index (χ0n) is 24.6. The molecule has 2 saturated carbocycles. The molecule has 38 heavy (non-hydrogen) atoms. The lowest BCUT2D eigenvalue weighted by Crippen LogP contribution is -2.40. The van der Waals surface area contributed by atoms with Gasteiger partial charge in [0.05, 0.1) is 12.5 Å². The van der Waals surface area contributed by atoms with E-state index in [9.17, 15) is 9.59 Å². The number of carbonyl (C=O) groups is 2. The van der Waals surface area contributed by atoms with E-state index < -0.39 is 0 Å². The van der Waals surface area contributed by atoms with E-state index in [2.05, 4.69) is 19.2 Å². The Morgan fingerprint density at radius 2 is 1.32 bits per heavy atom. The highest BCUT2D eigenvalue weighted by Gasteiger charge is 2.32. The number of benzene rings is 1. The molecular weight excluding hydrogens is 470 g/mol. The largest absolute Gasteiger partial charge is 0.456 e. The van der Waals surface area contributed by atoms with Crippen LogP contribution in [0.1, 0.15) is 135 Å². The zero-order chi connectivity index (χ0) is 27.2. The highest BCUT2D eigenvalue weighted by Crippen LogP contribution is 2.35. The van der Waals surface area contributed by atoms with Crippen LogP contribution >= 0.6 is 0 Å². The van der Waals surface area contributed by atoms with Crippen molar-refractivity contribution in [2.75, 3.05) is 6.54 Å². The predicted octanol–water partition coefficient (Wildman–Crippen LogP) is 8.59. The molecule has 0 unspecified atom stereocenters. The van der Waals surface area contributed by atoms with Gasteiger partial charge in [-0.3, -0.25) is 9.59 Å². The highest BCUT2D eigenvalue weighted by molar-refractivity contribution is 5.83. The average molecular weight is 526 g/mol. The summed E-state index contributed by atoms with van der Waals surface area (Å²) in [5.41, 5.74) is 0.995. The fourth-order valence-corrected chi connectivity index (χ4v) is 6.66. The maximum Gasteiger partial charge on any atom is 0.309 e. The van der Waals surface area contributed by atoms with Gasteiger partial charge < -0.3 is 10.1 Å². The number of ether oxygens (including phenoxy) is 1. The van der Waals surface area contributed by atoms with Crippen molar-refractivity contribution in [1.82, 2.24) is 5.32 Å². The SMILES string of the molecule is CCCCC[C@H]1CC[C@H](C(=O)CN[C@@H](C)[C@@H](OC(=O)[C@H]2CC[C@H](CCCCC)CC2)c2ccccc2)CC1. The first-order valence-electron chi connectivity index (χ1n) is 16.0. The molecule has 0 bridgehead atoms. The third kappa shape index (κ3) is 10.1. The fourth-order valence-electron chi connectivity index (χ4n) is 6.66. The Balaban J connectivity index is 1.48. The number of Topliss-reactive ketones (excluding diaryl/α,β-unsaturated/α-hetero) is 1. The van der Waals surface area contributed by atoms with E-state index in [1.807, 2.05) is 37.3 Å². The summed E-state index contributed by atoms with van der Waals surface area (Å²) in [5.74, 6) is 2.03. The first-order valence-corrected chi connectivity index (χ1v) is 16.0. The standard InChI is InChI=1S/C34H55NO3/c1-4-6-9-13-27-17-21-29(22-18-27)32(36)25-35-26(3)33(30-15-11-8-12-16-30)38-34(37)31-23-19-28(20-24-31)14-10-7-5-2/h8,11-12,15-16,26-29,31,33,35H,4-7,9-10,13-14,17-25H2,1-3H3/t26-,27-,28-,29-,31-,33+/m0/s1. The topological polar surface area (TPSA) is 55.4 Å². The first-order chi connectivity index (χ1) is 18.5. The Morgan fingerprint density at radius 1 is 0.789 bits per heavy atom. The molecule has 4 nitrogen and oxygen atoms in total. The summed E-state index contributed by atoms with van der Waals surface area (Å²) < 4.78 is 6.20. The number of unbranched alkanes of at least 4 members (excludes halogenated alkanes) is 4. The number of nitrogens with one attached hydrogen (secondary N) is 1. The molecule has 1 N–H and O–H groups in total. The van der Waals surface area contributed by atoms with Crippen LogP contribution in [0.4, 0.5) is 0 Å². The molecule has 0 saturated heterocycles. The Morgan fingerprint density at radius 3 is 1.84 bits per heavy atom. The summed E-state index contributed by atoms with van der Waals surface area (Å²) in [4.78, 5) is 26.3. The van der Waals surface area contributed by atoms with Gasteiger partial charge >= 0.3 is 5.97 Å². The molecule has 214 valence electrons. The molecule has 2 atom stereocenters. The van der Waals surface area contributed by atoms with Crippen molar-refractivity contribution in [1.29, 1.82) is 0 Å². The molecule has 1 aromatic rings. The van der Waals surface area contributed by atoms with Gasteiger partial charge in [-0.05, 0) is 75.7 Å². The molecule has 0 spiro atoms. The van der Waals surface area contributed by atoms with Crippen molar-refractivity contribution >= 4 is 11.8 Å². The third-order valence-corrected chi connectivity index (χ3v) is 9.34. The number of rotatable bonds is 16. The monoisotopic (exact) mass is 525 g/mol. The van der Waals surface area contributed by atoms with E-state index in [0.29, 0.717) is 12.3 Å². The molecule has 2 aliphatic carbocycles. The van der Waals surface area contributed by atoms with Gasteiger partial charge in [-0.1, -0.05) is 95.5 Å². The lowest BCUT2D eigenvalue weighted by molar-refractivity contribution is -0.157. The fraction of sp³-hybridized carbons (Fsp3) is 0.765. The van der Waals surface area contributed by atoms with E-state index in [-0.39, 0.29) is 30.0 Å². The second-order valence-electron chi connectivity index (χ2n) is 12.3. The lowest BCUT2D eigenvalue weighted by Gasteiger charge is -2.31. The van der Waals surface area contributed by atoms with Crippen LogP contribution in [0.15, 0.2) is 30.3 Å². The average Bonchev–Trinajstić information content (AvgIpc) is 2.96. The number of hydrogen-bond acceptors (Lipinski definition) is 4. The quantitative estimate of drug-likeness (QED) is 0.173. The summed E-state index contributed by atoms with van der Waals surface area (Å²) in [6.07, 6.45) is 18.7. The van der Waals surface area contributed by atoms with Gasteiger partial charge in [0, 0.05) is 12.0 Å². The van der Waals surface area contributed by atoms with E-state index in [0.717, 1.165) is 55.9 Å². The minimum Gasteiger partial charge on any atom is -0.456 e. The molecule has 0 radical (unpaired) electrons. The Kier molecular flexibility index (Phi) is 13.9. The van der Waals surface area contributed by atoms with Gasteiger partial charge in [0.1, 0.15) is 11.9 Å². The molecule has 0 aromatic heterocycles. The van der Waals surface area contributed by atoms with Gasteiger partial charge in [0.25, 0.3) is 0 Å². The second-order valence-corrected chi connectivity index (χ2v) is 12.3. The van der Waals surface area contributed by atoms with Crippen molar-refractivity contribution in [3.8, 4) is 0 Å². The number of hydrogen-bond donors (Lipinski definition) is 1. The zero-order valence-corrected chi connectivity index (χ0v) is 24.6. The van der Waals surface area contributed by atoms with Crippen LogP contribution in [-0.2, 0) is 14.3 Å². The van der Waals surface area contributed by atoms with Crippen LogP contribution in [0.3, 0.4) is 0 Å². The molecule has 2 fully saturated rings. The second kappa shape index (κ2) is 17.1. The van der Waals surface area contributed by atoms with Gasteiger partial charge in [0.15, 0.2) is 0 Å². The summed E-state index contributed by atoms with van der Waals surface area (Å²) in [6, 6.07) is 9.91. The van der Waals surface area contributed by atoms with Crippen molar-refractivity contribution in [3.05, 3.63) is 35.9 Å². The van der Waals surface area contributed by atoms with Gasteiger partial charge in [-0.15, -0.1) is 0 Å². The smallest absolute Gasteiger partial charge is 0.309 e. The molecular formula is C34H55NO3. The Labute approximate surface area is 233 Å². The van der Waals surface area contributed by atoms with Crippen molar-refractivity contribution < 1.29 is 14.3 Å². The predicted molar refractivity (Wildman–Crippen MR) is 157 cm³/mol. The maximum absolute atomic E-state index is 13.2. The normalized spacial score (nSPS) is 25.4. The number of esters is 1. The maximum atomic E-state index is 13.2. The van der Waals surface area contributed by atoms with Gasteiger partial charge in [0.2, 0.25) is 0 Å². The van der Waals surface area contributed by atoms with Crippen molar-refractivity contribution in [2.45, 2.75) is 136 Å². The van der Waals surface area contributed by atoms with E-state index in [4.69, 9.17) is 4.74 Å². The molecule has 1 aromatic carbocycles. The van der Waals surface area contributed by atoms with E-state index in [1.54, 1.807) is 0 Å². The van der Waals surface area contributed by atoms with Crippen LogP contribution < -0.4 is 5.32 Å². The van der Waals surface area contributed by atoms with Gasteiger partial charge in [-0.2, -0.15) is 0 Å². The Hall–Kier alpha value is -1.68. The van der Waals surface area contributed by atoms with Crippen LogP contribution in [-0.4, -0.2) is 24.3 Å². The minimum absolute atomic E-state index is 0.00461. The first kappa shape index (κ1) is 30.9. The van der Waals surface area contributed by atoms with Crippen LogP contribution in [0.2, 0.25) is 0 Å². The van der Waals surface area contributed by atoms with Gasteiger partial charge in [-0.25, -0.2) is 0 Å². The lowest BCUT2D eigenvalue weighted by atomic mass is 9.78. The summed E-state index contributed by atoms with van der Waals surface area (Å²) in [6.45, 7) is 6.92. The molecule has 0 aliphatic heterocycles. The molecule has 2 aliphatic rings. The van der Waals surface area contributed by atoms with Crippen LogP contribution in [0.25, 0.3) is 0 Å². The minimum atomic E-state index is -0.381. The van der Waals surface area contributed by atoms with Crippen LogP contribution in [0.5, 0.6) is 0 Å². The number of carbonyl (C=O) groups excluding carboxylic acids is 2. The van der Waals surface area contributed by atoms with E-state index in [1.165, 1.54) is 64.2 Å². The number of ketones is 1. The summed E-state index contributed by atoms with van der Waals surface area (Å²) in [7, 11) is 0. The molecule has 3 rings (SSSR count). The van der Waals surface area contributed by atoms with Crippen molar-refractivity contribution in [3.63, 3.8) is 0 Å². The van der Waals surface area contributed by atoms with Crippen molar-refractivity contribution in [2.24, 2.45) is 23.7 Å². The van der Waals surface area contributed by atoms with Crippen LogP contribution in [0, 0.1) is 23.7 Å². The summed E-state index contributed by atoms with van der Waals surface area (Å²) >= 11 is 0. The Bertz CT molecular complexity index is 793. The molecule has 0 heterocycles. The third-order valence-electron chi connectivity index (χ3n) is 9.34. The summed E-state index contributed by atoms with van der Waals surface area (Å²) in [5, 5.41) is 3.45.